The molecule has 1 fully saturated rings. The average Bonchev–Trinajstić information content (AvgIpc) is 3.04. The lowest BCUT2D eigenvalue weighted by atomic mass is 10.1. The van der Waals surface area contributed by atoms with Crippen molar-refractivity contribution in [2.24, 2.45) is 0 Å². The van der Waals surface area contributed by atoms with Gasteiger partial charge in [-0.05, 0) is 40.2 Å². The summed E-state index contributed by atoms with van der Waals surface area (Å²) in [6.45, 7) is 8.05. The largest absolute Gasteiger partial charge is 0.464 e. The molecule has 7 nitrogen and oxygen atoms in total. The molecule has 0 amide bonds. The summed E-state index contributed by atoms with van der Waals surface area (Å²) in [4.78, 5) is 11.8. The highest BCUT2D eigenvalue weighted by molar-refractivity contribution is 5.88. The van der Waals surface area contributed by atoms with Crippen LogP contribution in [0.25, 0.3) is 0 Å². The van der Waals surface area contributed by atoms with Crippen LogP contribution in [0, 0.1) is 0 Å². The van der Waals surface area contributed by atoms with Gasteiger partial charge in [0.1, 0.15) is 0 Å². The number of hydrogen-bond acceptors (Lipinski definition) is 6. The third-order valence-corrected chi connectivity index (χ3v) is 3.38. The quantitative estimate of drug-likeness (QED) is 0.825. The van der Waals surface area contributed by atoms with Crippen molar-refractivity contribution in [3.8, 4) is 0 Å². The maximum atomic E-state index is 11.8. The number of aromatic nitrogens is 3. The Morgan fingerprint density at radius 1 is 1.48 bits per heavy atom. The Labute approximate surface area is 125 Å². The molecular formula is C14H24N4O3. The van der Waals surface area contributed by atoms with Crippen LogP contribution in [-0.4, -0.2) is 46.8 Å². The monoisotopic (exact) mass is 296 g/mol. The Morgan fingerprint density at radius 3 is 2.81 bits per heavy atom. The molecule has 1 aromatic heterocycles. The van der Waals surface area contributed by atoms with E-state index in [0.717, 1.165) is 25.1 Å². The van der Waals surface area contributed by atoms with Crippen LogP contribution >= 0.6 is 0 Å². The van der Waals surface area contributed by atoms with E-state index in [1.807, 2.05) is 20.8 Å². The van der Waals surface area contributed by atoms with Crippen molar-refractivity contribution in [2.75, 3.05) is 20.3 Å². The van der Waals surface area contributed by atoms with E-state index >= 15 is 0 Å². The first-order valence-electron chi connectivity index (χ1n) is 7.31. The van der Waals surface area contributed by atoms with Gasteiger partial charge in [-0.15, -0.1) is 5.10 Å². The number of hydrogen-bond donors (Lipinski definition) is 1. The smallest absolute Gasteiger partial charge is 0.360 e. The molecule has 0 aromatic carbocycles. The third-order valence-electron chi connectivity index (χ3n) is 3.38. The summed E-state index contributed by atoms with van der Waals surface area (Å²) in [5.74, 6) is -0.443. The number of carbonyl (C=O) groups excluding carboxylic acids is 1. The van der Waals surface area contributed by atoms with E-state index in [4.69, 9.17) is 9.47 Å². The lowest BCUT2D eigenvalue weighted by Crippen LogP contribution is -2.25. The predicted molar refractivity (Wildman–Crippen MR) is 77.0 cm³/mol. The Kier molecular flexibility index (Phi) is 4.95. The highest BCUT2D eigenvalue weighted by Crippen LogP contribution is 2.25. The van der Waals surface area contributed by atoms with Gasteiger partial charge in [-0.1, -0.05) is 5.21 Å². The summed E-state index contributed by atoms with van der Waals surface area (Å²) in [5.41, 5.74) is 0.905. The van der Waals surface area contributed by atoms with Gasteiger partial charge in [0.05, 0.1) is 37.6 Å². The van der Waals surface area contributed by atoms with Crippen molar-refractivity contribution in [1.29, 1.82) is 0 Å². The minimum absolute atomic E-state index is 0.101. The van der Waals surface area contributed by atoms with Crippen molar-refractivity contribution in [1.82, 2.24) is 20.3 Å². The SMILES string of the molecule is COC(=O)c1nnn(CCOC(C)(C)C)c1C1CCCN1. The minimum Gasteiger partial charge on any atom is -0.464 e. The van der Waals surface area contributed by atoms with Gasteiger partial charge in [-0.2, -0.15) is 0 Å². The molecule has 1 aromatic rings. The van der Waals surface area contributed by atoms with E-state index < -0.39 is 5.97 Å². The van der Waals surface area contributed by atoms with Crippen molar-refractivity contribution in [3.05, 3.63) is 11.4 Å². The summed E-state index contributed by atoms with van der Waals surface area (Å²) in [7, 11) is 1.36. The highest BCUT2D eigenvalue weighted by Gasteiger charge is 2.29. The topological polar surface area (TPSA) is 78.3 Å². The van der Waals surface area contributed by atoms with Gasteiger partial charge in [-0.3, -0.25) is 0 Å². The van der Waals surface area contributed by atoms with Gasteiger partial charge in [0.2, 0.25) is 0 Å². The number of nitrogens with zero attached hydrogens (tertiary/aromatic N) is 3. The normalized spacial score (nSPS) is 19.0. The Hall–Kier alpha value is -1.47. The van der Waals surface area contributed by atoms with E-state index in [-0.39, 0.29) is 11.6 Å². The van der Waals surface area contributed by atoms with E-state index in [1.54, 1.807) is 4.68 Å². The molecule has 0 saturated carbocycles. The van der Waals surface area contributed by atoms with Gasteiger partial charge in [0.25, 0.3) is 0 Å². The second kappa shape index (κ2) is 6.53. The molecular weight excluding hydrogens is 272 g/mol. The number of ether oxygens (including phenoxy) is 2. The molecule has 0 bridgehead atoms. The van der Waals surface area contributed by atoms with Crippen LogP contribution in [0.4, 0.5) is 0 Å². The molecule has 0 spiro atoms. The number of esters is 1. The molecule has 2 heterocycles. The molecule has 0 aliphatic carbocycles. The molecule has 1 saturated heterocycles. The number of carbonyl (C=O) groups is 1. The highest BCUT2D eigenvalue weighted by atomic mass is 16.5. The minimum atomic E-state index is -0.443. The van der Waals surface area contributed by atoms with Crippen molar-refractivity contribution >= 4 is 5.97 Å². The van der Waals surface area contributed by atoms with E-state index in [2.05, 4.69) is 15.6 Å². The van der Waals surface area contributed by atoms with Crippen LogP contribution < -0.4 is 5.32 Å². The molecule has 7 heteroatoms. The Balaban J connectivity index is 2.16. The van der Waals surface area contributed by atoms with Crippen LogP contribution in [0.5, 0.6) is 0 Å². The molecule has 0 radical (unpaired) electrons. The van der Waals surface area contributed by atoms with E-state index in [9.17, 15) is 4.79 Å². The van der Waals surface area contributed by atoms with Crippen LogP contribution in [0.3, 0.4) is 0 Å². The zero-order valence-electron chi connectivity index (χ0n) is 13.2. The fraction of sp³-hybridized carbons (Fsp3) is 0.786. The number of nitrogens with one attached hydrogen (secondary N) is 1. The van der Waals surface area contributed by atoms with Crippen LogP contribution in [-0.2, 0) is 16.0 Å². The first-order valence-corrected chi connectivity index (χ1v) is 7.31. The fourth-order valence-electron chi connectivity index (χ4n) is 2.43. The van der Waals surface area contributed by atoms with Crippen molar-refractivity contribution < 1.29 is 14.3 Å². The molecule has 1 atom stereocenters. The van der Waals surface area contributed by atoms with Gasteiger partial charge >= 0.3 is 5.97 Å². The number of methoxy groups -OCH3 is 1. The first-order chi connectivity index (χ1) is 9.92. The molecule has 21 heavy (non-hydrogen) atoms. The van der Waals surface area contributed by atoms with Gasteiger partial charge in [0.15, 0.2) is 5.69 Å². The summed E-state index contributed by atoms with van der Waals surface area (Å²) >= 11 is 0. The number of rotatable bonds is 5. The van der Waals surface area contributed by atoms with E-state index in [1.165, 1.54) is 7.11 Å². The molecule has 1 unspecified atom stereocenters. The van der Waals surface area contributed by atoms with Gasteiger partial charge in [0, 0.05) is 0 Å². The summed E-state index contributed by atoms with van der Waals surface area (Å²) in [6, 6.07) is 0.101. The van der Waals surface area contributed by atoms with Crippen molar-refractivity contribution in [2.45, 2.75) is 51.8 Å². The van der Waals surface area contributed by atoms with Gasteiger partial charge < -0.3 is 14.8 Å². The molecule has 1 aliphatic rings. The van der Waals surface area contributed by atoms with Crippen LogP contribution in [0.2, 0.25) is 0 Å². The maximum absolute atomic E-state index is 11.8. The average molecular weight is 296 g/mol. The summed E-state index contributed by atoms with van der Waals surface area (Å²) in [5, 5.41) is 11.5. The Morgan fingerprint density at radius 2 is 2.24 bits per heavy atom. The first kappa shape index (κ1) is 15.9. The standard InChI is InChI=1S/C14H24N4O3/c1-14(2,3)21-9-8-18-12(10-6-5-7-15-10)11(16-17-18)13(19)20-4/h10,15H,5-9H2,1-4H3. The lowest BCUT2D eigenvalue weighted by Gasteiger charge is -2.20. The van der Waals surface area contributed by atoms with Crippen LogP contribution in [0.15, 0.2) is 0 Å². The Bertz CT molecular complexity index is 487. The molecule has 1 aliphatic heterocycles. The molecule has 118 valence electrons. The van der Waals surface area contributed by atoms with Crippen molar-refractivity contribution in [3.63, 3.8) is 0 Å². The van der Waals surface area contributed by atoms with E-state index in [0.29, 0.717) is 18.8 Å². The molecule has 2 rings (SSSR count). The molecule has 1 N–H and O–H groups in total. The summed E-state index contributed by atoms with van der Waals surface area (Å²) in [6.07, 6.45) is 2.05. The van der Waals surface area contributed by atoms with Crippen LogP contribution in [0.1, 0.15) is 55.8 Å². The fourth-order valence-corrected chi connectivity index (χ4v) is 2.43. The lowest BCUT2D eigenvalue weighted by molar-refractivity contribution is -0.00844. The second-order valence-electron chi connectivity index (χ2n) is 6.15. The van der Waals surface area contributed by atoms with Gasteiger partial charge in [-0.25, -0.2) is 9.48 Å². The second-order valence-corrected chi connectivity index (χ2v) is 6.15. The zero-order valence-corrected chi connectivity index (χ0v) is 13.2. The third kappa shape index (κ3) is 4.01. The maximum Gasteiger partial charge on any atom is 0.360 e. The summed E-state index contributed by atoms with van der Waals surface area (Å²) < 4.78 is 12.3. The predicted octanol–water partition coefficient (Wildman–Crippen LogP) is 1.30. The zero-order chi connectivity index (χ0) is 15.5.